The normalized spacial score (nSPS) is 13.3. The standard InChI is InChI=1S/C20H24FNO3S/c1-13-6-11-16(26(5,24)25)12-17(13)19(23)22-18(20(2,3)4)14-7-9-15(21)10-8-14/h6-12,18H,1-5H3,(H,22,23). The van der Waals surface area contributed by atoms with Crippen molar-refractivity contribution in [1.29, 1.82) is 0 Å². The summed E-state index contributed by atoms with van der Waals surface area (Å²) < 4.78 is 36.8. The molecule has 2 rings (SSSR count). The molecule has 0 aliphatic heterocycles. The Bertz CT molecular complexity index is 913. The van der Waals surface area contributed by atoms with E-state index in [9.17, 15) is 17.6 Å². The fourth-order valence-corrected chi connectivity index (χ4v) is 3.39. The lowest BCUT2D eigenvalue weighted by Gasteiger charge is -2.32. The summed E-state index contributed by atoms with van der Waals surface area (Å²) in [7, 11) is -3.41. The van der Waals surface area contributed by atoms with Crippen molar-refractivity contribution in [2.24, 2.45) is 5.41 Å². The largest absolute Gasteiger partial charge is 0.345 e. The van der Waals surface area contributed by atoms with Gasteiger partial charge in [-0.15, -0.1) is 0 Å². The molecule has 4 nitrogen and oxygen atoms in total. The molecule has 1 atom stereocenters. The molecule has 0 spiro atoms. The molecule has 0 aliphatic carbocycles. The number of carbonyl (C=O) groups excluding carboxylic acids is 1. The Morgan fingerprint density at radius 3 is 2.15 bits per heavy atom. The van der Waals surface area contributed by atoms with Crippen LogP contribution in [0.3, 0.4) is 0 Å². The average molecular weight is 377 g/mol. The molecule has 1 N–H and O–H groups in total. The van der Waals surface area contributed by atoms with Gasteiger partial charge in [0.2, 0.25) is 0 Å². The van der Waals surface area contributed by atoms with Gasteiger partial charge in [-0.2, -0.15) is 0 Å². The van der Waals surface area contributed by atoms with Crippen LogP contribution in [0.1, 0.15) is 48.3 Å². The van der Waals surface area contributed by atoms with Crippen molar-refractivity contribution in [1.82, 2.24) is 5.32 Å². The van der Waals surface area contributed by atoms with Gasteiger partial charge < -0.3 is 5.32 Å². The second kappa shape index (κ2) is 7.19. The molecule has 26 heavy (non-hydrogen) atoms. The van der Waals surface area contributed by atoms with E-state index in [4.69, 9.17) is 0 Å². The van der Waals surface area contributed by atoms with Crippen LogP contribution in [0, 0.1) is 18.2 Å². The Morgan fingerprint density at radius 2 is 1.65 bits per heavy atom. The monoisotopic (exact) mass is 377 g/mol. The van der Waals surface area contributed by atoms with Gasteiger partial charge >= 0.3 is 0 Å². The topological polar surface area (TPSA) is 63.2 Å². The van der Waals surface area contributed by atoms with Gasteiger partial charge in [-0.1, -0.05) is 39.0 Å². The highest BCUT2D eigenvalue weighted by Gasteiger charge is 2.29. The zero-order valence-electron chi connectivity index (χ0n) is 15.6. The molecular formula is C20H24FNO3S. The van der Waals surface area contributed by atoms with E-state index in [-0.39, 0.29) is 28.1 Å². The predicted molar refractivity (Wildman–Crippen MR) is 100 cm³/mol. The minimum absolute atomic E-state index is 0.0994. The highest BCUT2D eigenvalue weighted by molar-refractivity contribution is 7.90. The first-order chi connectivity index (χ1) is 11.9. The first-order valence-corrected chi connectivity index (χ1v) is 10.2. The first-order valence-electron chi connectivity index (χ1n) is 8.26. The number of amides is 1. The van der Waals surface area contributed by atoms with Gasteiger partial charge in [0.15, 0.2) is 9.84 Å². The van der Waals surface area contributed by atoms with Crippen LogP contribution in [0.15, 0.2) is 47.4 Å². The summed E-state index contributed by atoms with van der Waals surface area (Å²) in [5, 5.41) is 2.97. The zero-order valence-corrected chi connectivity index (χ0v) is 16.4. The van der Waals surface area contributed by atoms with E-state index in [1.165, 1.54) is 24.3 Å². The molecule has 0 aliphatic rings. The van der Waals surface area contributed by atoms with Crippen molar-refractivity contribution in [3.63, 3.8) is 0 Å². The van der Waals surface area contributed by atoms with Gasteiger partial charge in [-0.3, -0.25) is 4.79 Å². The van der Waals surface area contributed by atoms with Crippen LogP contribution in [-0.2, 0) is 9.84 Å². The lowest BCUT2D eigenvalue weighted by molar-refractivity contribution is 0.0901. The Hall–Kier alpha value is -2.21. The van der Waals surface area contributed by atoms with Gasteiger partial charge in [0.1, 0.15) is 5.82 Å². The summed E-state index contributed by atoms with van der Waals surface area (Å²) in [4.78, 5) is 13.0. The van der Waals surface area contributed by atoms with Crippen LogP contribution in [0.2, 0.25) is 0 Å². The summed E-state index contributed by atoms with van der Waals surface area (Å²) in [5.41, 5.74) is 1.45. The molecule has 1 unspecified atom stereocenters. The van der Waals surface area contributed by atoms with Gasteiger partial charge in [-0.25, -0.2) is 12.8 Å². The third-order valence-corrected chi connectivity index (χ3v) is 5.34. The molecule has 2 aromatic carbocycles. The molecule has 0 saturated carbocycles. The molecule has 0 heterocycles. The summed E-state index contributed by atoms with van der Waals surface area (Å²) in [6.07, 6.45) is 1.11. The zero-order chi connectivity index (χ0) is 19.7. The smallest absolute Gasteiger partial charge is 0.252 e. The number of aryl methyl sites for hydroxylation is 1. The van der Waals surface area contributed by atoms with E-state index < -0.39 is 9.84 Å². The number of nitrogens with one attached hydrogen (secondary N) is 1. The maximum atomic E-state index is 13.2. The summed E-state index contributed by atoms with van der Waals surface area (Å²) in [6, 6.07) is 10.1. The van der Waals surface area contributed by atoms with Crippen LogP contribution in [0.5, 0.6) is 0 Å². The van der Waals surface area contributed by atoms with Gasteiger partial charge in [0.05, 0.1) is 10.9 Å². The van der Waals surface area contributed by atoms with Crippen LogP contribution in [0.25, 0.3) is 0 Å². The maximum absolute atomic E-state index is 13.2. The second-order valence-electron chi connectivity index (χ2n) is 7.57. The summed E-state index contributed by atoms with van der Waals surface area (Å²) >= 11 is 0. The van der Waals surface area contributed by atoms with Gasteiger partial charge in [0, 0.05) is 11.8 Å². The number of sulfone groups is 1. The Labute approximate surface area is 154 Å². The quantitative estimate of drug-likeness (QED) is 0.874. The second-order valence-corrected chi connectivity index (χ2v) is 9.59. The molecule has 0 bridgehead atoms. The molecule has 1 amide bonds. The van der Waals surface area contributed by atoms with Crippen molar-refractivity contribution < 1.29 is 17.6 Å². The molecule has 2 aromatic rings. The minimum atomic E-state index is -3.41. The number of carbonyl (C=O) groups is 1. The number of benzene rings is 2. The Morgan fingerprint density at radius 1 is 1.08 bits per heavy atom. The van der Waals surface area contributed by atoms with Crippen LogP contribution in [-0.4, -0.2) is 20.6 Å². The number of halogens is 1. The number of hydrogen-bond acceptors (Lipinski definition) is 3. The molecule has 0 fully saturated rings. The molecule has 140 valence electrons. The van der Waals surface area contributed by atoms with E-state index in [1.807, 2.05) is 20.8 Å². The van der Waals surface area contributed by atoms with Crippen LogP contribution >= 0.6 is 0 Å². The lowest BCUT2D eigenvalue weighted by atomic mass is 9.82. The highest BCUT2D eigenvalue weighted by Crippen LogP contribution is 2.33. The fraction of sp³-hybridized carbons (Fsp3) is 0.350. The van der Waals surface area contributed by atoms with Crippen molar-refractivity contribution in [3.05, 3.63) is 65.0 Å². The van der Waals surface area contributed by atoms with Crippen LogP contribution in [0.4, 0.5) is 4.39 Å². The average Bonchev–Trinajstić information content (AvgIpc) is 2.51. The molecule has 0 aromatic heterocycles. The lowest BCUT2D eigenvalue weighted by Crippen LogP contribution is -2.37. The van der Waals surface area contributed by atoms with Gasteiger partial charge in [-0.05, 0) is 47.7 Å². The summed E-state index contributed by atoms with van der Waals surface area (Å²) in [5.74, 6) is -0.707. The highest BCUT2D eigenvalue weighted by atomic mass is 32.2. The number of hydrogen-bond donors (Lipinski definition) is 1. The molecular weight excluding hydrogens is 353 g/mol. The molecule has 0 saturated heterocycles. The van der Waals surface area contributed by atoms with E-state index in [1.54, 1.807) is 25.1 Å². The summed E-state index contributed by atoms with van der Waals surface area (Å²) in [6.45, 7) is 7.67. The third-order valence-electron chi connectivity index (χ3n) is 4.23. The first kappa shape index (κ1) is 20.1. The number of rotatable bonds is 4. The fourth-order valence-electron chi connectivity index (χ4n) is 2.74. The van der Waals surface area contributed by atoms with Crippen molar-refractivity contribution in [2.45, 2.75) is 38.6 Å². The van der Waals surface area contributed by atoms with Crippen molar-refractivity contribution in [2.75, 3.05) is 6.26 Å². The van der Waals surface area contributed by atoms with Crippen molar-refractivity contribution in [3.8, 4) is 0 Å². The van der Waals surface area contributed by atoms with E-state index in [2.05, 4.69) is 5.32 Å². The molecule has 6 heteroatoms. The molecule has 0 radical (unpaired) electrons. The minimum Gasteiger partial charge on any atom is -0.345 e. The van der Waals surface area contributed by atoms with Crippen LogP contribution < -0.4 is 5.32 Å². The Kier molecular flexibility index (Phi) is 5.56. The van der Waals surface area contributed by atoms with Gasteiger partial charge in [0.25, 0.3) is 5.91 Å². The van der Waals surface area contributed by atoms with E-state index in [0.29, 0.717) is 11.1 Å². The maximum Gasteiger partial charge on any atom is 0.252 e. The predicted octanol–water partition coefficient (Wildman–Crippen LogP) is 4.05. The Balaban J connectivity index is 2.41. The van der Waals surface area contributed by atoms with Crippen molar-refractivity contribution >= 4 is 15.7 Å². The third kappa shape index (κ3) is 4.69. The van der Waals surface area contributed by atoms with E-state index >= 15 is 0 Å². The van der Waals surface area contributed by atoms with E-state index in [0.717, 1.165) is 11.8 Å². The SMILES string of the molecule is Cc1ccc(S(C)(=O)=O)cc1C(=O)NC(c1ccc(F)cc1)C(C)(C)C.